The highest BCUT2D eigenvalue weighted by Crippen LogP contribution is 2.25. The van der Waals surface area contributed by atoms with E-state index in [2.05, 4.69) is 48.9 Å². The van der Waals surface area contributed by atoms with Crippen molar-refractivity contribution in [1.82, 2.24) is 14.3 Å². The summed E-state index contributed by atoms with van der Waals surface area (Å²) in [7, 11) is 0. The zero-order valence-electron chi connectivity index (χ0n) is 18.1. The Morgan fingerprint density at radius 1 is 1.30 bits per heavy atom. The van der Waals surface area contributed by atoms with Crippen LogP contribution >= 0.6 is 11.3 Å². The summed E-state index contributed by atoms with van der Waals surface area (Å²) < 4.78 is 7.99. The number of benzene rings is 1. The first kappa shape index (κ1) is 21.1. The summed E-state index contributed by atoms with van der Waals surface area (Å²) in [6.07, 6.45) is 5.79. The van der Waals surface area contributed by atoms with Crippen LogP contribution in [0.1, 0.15) is 45.7 Å². The van der Waals surface area contributed by atoms with Gasteiger partial charge in [0.05, 0.1) is 11.8 Å². The van der Waals surface area contributed by atoms with E-state index in [-0.39, 0.29) is 17.4 Å². The number of thiazole rings is 1. The summed E-state index contributed by atoms with van der Waals surface area (Å²) in [4.78, 5) is 20.8. The minimum Gasteiger partial charge on any atom is -0.376 e. The first-order valence-corrected chi connectivity index (χ1v) is 11.7. The van der Waals surface area contributed by atoms with E-state index >= 15 is 0 Å². The summed E-state index contributed by atoms with van der Waals surface area (Å²) in [5.74, 6) is 0.222. The van der Waals surface area contributed by atoms with Gasteiger partial charge >= 0.3 is 0 Å². The maximum absolute atomic E-state index is 13.0. The van der Waals surface area contributed by atoms with Crippen LogP contribution < -0.4 is 0 Å². The molecule has 0 bridgehead atoms. The van der Waals surface area contributed by atoms with E-state index in [0.29, 0.717) is 19.5 Å². The Hall–Kier alpha value is -2.18. The van der Waals surface area contributed by atoms with Crippen LogP contribution in [0, 0.1) is 5.41 Å². The average Bonchev–Trinajstić information content (AvgIpc) is 3.42. The molecule has 1 aliphatic heterocycles. The van der Waals surface area contributed by atoms with Crippen LogP contribution in [0.15, 0.2) is 41.9 Å². The van der Waals surface area contributed by atoms with Crippen molar-refractivity contribution in [2.45, 2.75) is 52.6 Å². The molecule has 3 aromatic rings. The van der Waals surface area contributed by atoms with Crippen LogP contribution in [0.25, 0.3) is 16.2 Å². The molecule has 30 heavy (non-hydrogen) atoms. The summed E-state index contributed by atoms with van der Waals surface area (Å²) in [6.45, 7) is 8.58. The standard InChI is InChI=1S/C24H31N3O2S/c1-24(2,3)14-22(28)26(15-20-10-7-13-29-20)12-11-19-17-30-23-25-21(16-27(19)23)18-8-5-4-6-9-18/h4-6,8-9,16-17,20H,7,10-15H2,1-3H3/t20-/m1/s1. The molecule has 1 amide bonds. The van der Waals surface area contributed by atoms with E-state index in [1.54, 1.807) is 11.3 Å². The predicted octanol–water partition coefficient (Wildman–Crippen LogP) is 5.05. The zero-order chi connectivity index (χ0) is 21.1. The molecule has 0 saturated carbocycles. The number of imidazole rings is 1. The molecule has 2 aromatic heterocycles. The number of carbonyl (C=O) groups is 1. The number of fused-ring (bicyclic) bond motifs is 1. The van der Waals surface area contributed by atoms with Gasteiger partial charge in [-0.2, -0.15) is 0 Å². The normalized spacial score (nSPS) is 17.0. The molecule has 5 nitrogen and oxygen atoms in total. The highest BCUT2D eigenvalue weighted by molar-refractivity contribution is 7.15. The Morgan fingerprint density at radius 2 is 2.10 bits per heavy atom. The van der Waals surface area contributed by atoms with Gasteiger partial charge < -0.3 is 9.64 Å². The van der Waals surface area contributed by atoms with Crippen LogP contribution in [-0.2, 0) is 16.0 Å². The fraction of sp³-hybridized carbons (Fsp3) is 0.500. The van der Waals surface area contributed by atoms with Crippen molar-refractivity contribution in [3.05, 3.63) is 47.6 Å². The predicted molar refractivity (Wildman–Crippen MR) is 122 cm³/mol. The fourth-order valence-corrected chi connectivity index (χ4v) is 4.83. The lowest BCUT2D eigenvalue weighted by molar-refractivity contribution is -0.134. The molecule has 4 rings (SSSR count). The van der Waals surface area contributed by atoms with E-state index < -0.39 is 0 Å². The molecule has 3 heterocycles. The van der Waals surface area contributed by atoms with E-state index in [1.807, 2.05) is 23.1 Å². The molecule has 1 saturated heterocycles. The number of hydrogen-bond donors (Lipinski definition) is 0. The number of rotatable bonds is 7. The number of aromatic nitrogens is 2. The Labute approximate surface area is 182 Å². The Balaban J connectivity index is 1.48. The summed E-state index contributed by atoms with van der Waals surface area (Å²) in [5.41, 5.74) is 3.30. The minimum atomic E-state index is -0.0174. The van der Waals surface area contributed by atoms with Crippen molar-refractivity contribution >= 4 is 22.2 Å². The van der Waals surface area contributed by atoms with Crippen molar-refractivity contribution in [1.29, 1.82) is 0 Å². The molecule has 1 atom stereocenters. The smallest absolute Gasteiger partial charge is 0.223 e. The quantitative estimate of drug-likeness (QED) is 0.532. The van der Waals surface area contributed by atoms with Crippen molar-refractivity contribution in [2.24, 2.45) is 5.41 Å². The highest BCUT2D eigenvalue weighted by atomic mass is 32.1. The average molecular weight is 426 g/mol. The number of nitrogens with zero attached hydrogens (tertiary/aromatic N) is 3. The van der Waals surface area contributed by atoms with Crippen molar-refractivity contribution in [2.75, 3.05) is 19.7 Å². The largest absolute Gasteiger partial charge is 0.376 e. The lowest BCUT2D eigenvalue weighted by atomic mass is 9.91. The molecule has 0 unspecified atom stereocenters. The van der Waals surface area contributed by atoms with Crippen LogP contribution in [0.3, 0.4) is 0 Å². The Bertz CT molecular complexity index is 981. The fourth-order valence-electron chi connectivity index (χ4n) is 3.92. The monoisotopic (exact) mass is 425 g/mol. The second-order valence-corrected chi connectivity index (χ2v) is 10.2. The number of carbonyl (C=O) groups excluding carboxylic acids is 1. The van der Waals surface area contributed by atoms with Gasteiger partial charge in [0.1, 0.15) is 0 Å². The van der Waals surface area contributed by atoms with E-state index in [0.717, 1.165) is 42.1 Å². The maximum atomic E-state index is 13.0. The van der Waals surface area contributed by atoms with Crippen LogP contribution in [0.5, 0.6) is 0 Å². The Morgan fingerprint density at radius 3 is 2.80 bits per heavy atom. The van der Waals surface area contributed by atoms with Crippen LogP contribution in [0.2, 0.25) is 0 Å². The van der Waals surface area contributed by atoms with Crippen molar-refractivity contribution < 1.29 is 9.53 Å². The molecule has 0 radical (unpaired) electrons. The van der Waals surface area contributed by atoms with E-state index in [1.165, 1.54) is 5.69 Å². The molecule has 0 spiro atoms. The molecule has 1 fully saturated rings. The zero-order valence-corrected chi connectivity index (χ0v) is 19.0. The second-order valence-electron chi connectivity index (χ2n) is 9.33. The van der Waals surface area contributed by atoms with Gasteiger partial charge in [0, 0.05) is 55.4 Å². The van der Waals surface area contributed by atoms with E-state index in [4.69, 9.17) is 9.72 Å². The topological polar surface area (TPSA) is 46.8 Å². The lowest BCUT2D eigenvalue weighted by Crippen LogP contribution is -2.40. The van der Waals surface area contributed by atoms with Gasteiger partial charge in [0.2, 0.25) is 5.91 Å². The van der Waals surface area contributed by atoms with Crippen molar-refractivity contribution in [3.63, 3.8) is 0 Å². The Kier molecular flexibility index (Phi) is 6.25. The summed E-state index contributed by atoms with van der Waals surface area (Å²) in [5, 5.41) is 2.16. The first-order valence-electron chi connectivity index (χ1n) is 10.8. The third-order valence-electron chi connectivity index (χ3n) is 5.47. The molecule has 1 aromatic carbocycles. The van der Waals surface area contributed by atoms with Gasteiger partial charge in [-0.05, 0) is 18.3 Å². The lowest BCUT2D eigenvalue weighted by Gasteiger charge is -2.28. The number of amides is 1. The molecule has 6 heteroatoms. The van der Waals surface area contributed by atoms with Gasteiger partial charge in [-0.25, -0.2) is 4.98 Å². The second kappa shape index (κ2) is 8.90. The minimum absolute atomic E-state index is 0.0174. The van der Waals surface area contributed by atoms with E-state index in [9.17, 15) is 4.79 Å². The van der Waals surface area contributed by atoms with Crippen LogP contribution in [0.4, 0.5) is 0 Å². The van der Waals surface area contributed by atoms with Gasteiger partial charge in [0.25, 0.3) is 0 Å². The first-order chi connectivity index (χ1) is 14.4. The molecular formula is C24H31N3O2S. The molecular weight excluding hydrogens is 394 g/mol. The summed E-state index contributed by atoms with van der Waals surface area (Å²) in [6, 6.07) is 10.3. The number of hydrogen-bond acceptors (Lipinski definition) is 4. The SMILES string of the molecule is CC(C)(C)CC(=O)N(CCc1csc2nc(-c3ccccc3)cn12)C[C@H]1CCCO1. The molecule has 0 N–H and O–H groups in total. The molecule has 0 aliphatic carbocycles. The maximum Gasteiger partial charge on any atom is 0.223 e. The van der Waals surface area contributed by atoms with Crippen molar-refractivity contribution in [3.8, 4) is 11.3 Å². The molecule has 1 aliphatic rings. The van der Waals surface area contributed by atoms with Gasteiger partial charge in [-0.1, -0.05) is 51.1 Å². The van der Waals surface area contributed by atoms with Crippen LogP contribution in [-0.4, -0.2) is 46.0 Å². The van der Waals surface area contributed by atoms with Gasteiger partial charge in [-0.15, -0.1) is 11.3 Å². The highest BCUT2D eigenvalue weighted by Gasteiger charge is 2.26. The van der Waals surface area contributed by atoms with Gasteiger partial charge in [0.15, 0.2) is 4.96 Å². The number of ether oxygens (including phenoxy) is 1. The third kappa shape index (κ3) is 5.10. The molecule has 160 valence electrons. The van der Waals surface area contributed by atoms with Gasteiger partial charge in [-0.3, -0.25) is 9.20 Å². The summed E-state index contributed by atoms with van der Waals surface area (Å²) >= 11 is 1.66. The third-order valence-corrected chi connectivity index (χ3v) is 6.36.